The van der Waals surface area contributed by atoms with Crippen LogP contribution in [0.3, 0.4) is 0 Å². The molecule has 0 unspecified atom stereocenters. The number of aromatic nitrogens is 4. The summed E-state index contributed by atoms with van der Waals surface area (Å²) in [5.41, 5.74) is 7.51. The number of carbonyl (C=O) groups excluding carboxylic acids is 7. The smallest absolute Gasteiger partial charge is 0.253 e. The number of rotatable bonds is 24. The number of hydrogen-bond donors (Lipinski definition) is 4. The first kappa shape index (κ1) is 63.5. The quantitative estimate of drug-likeness (QED) is 0.0379. The van der Waals surface area contributed by atoms with Gasteiger partial charge in [-0.3, -0.25) is 48.0 Å². The molecule has 3 aromatic heterocycles. The molecule has 2 saturated heterocycles. The summed E-state index contributed by atoms with van der Waals surface area (Å²) in [7, 11) is 0. The Morgan fingerprint density at radius 3 is 2.22 bits per heavy atom. The fourth-order valence-corrected chi connectivity index (χ4v) is 13.6. The lowest BCUT2D eigenvalue weighted by atomic mass is 9.85. The van der Waals surface area contributed by atoms with E-state index < -0.39 is 47.4 Å². The summed E-state index contributed by atoms with van der Waals surface area (Å²) in [6.07, 6.45) is 4.27. The zero-order chi connectivity index (χ0) is 61.4. The van der Waals surface area contributed by atoms with Crippen molar-refractivity contribution in [2.45, 2.75) is 124 Å². The monoisotopic (exact) mass is 1230 g/mol. The molecule has 0 bridgehead atoms. The van der Waals surface area contributed by atoms with Crippen LogP contribution in [0, 0.1) is 44.9 Å². The molecule has 7 amide bonds. The number of halogens is 1. The molecule has 0 aliphatic carbocycles. The normalized spacial score (nSPS) is 19.7. The van der Waals surface area contributed by atoms with Crippen LogP contribution in [-0.2, 0) is 49.6 Å². The lowest BCUT2D eigenvalue weighted by Crippen LogP contribution is -2.58. The summed E-state index contributed by atoms with van der Waals surface area (Å²) in [6.45, 7) is 15.1. The van der Waals surface area contributed by atoms with Crippen LogP contribution in [0.25, 0.3) is 15.4 Å². The van der Waals surface area contributed by atoms with Crippen molar-refractivity contribution >= 4 is 81.3 Å². The average Bonchev–Trinajstić information content (AvgIpc) is 1.94. The molecule has 7 heterocycles. The molecule has 86 heavy (non-hydrogen) atoms. The third-order valence-electron chi connectivity index (χ3n) is 16.1. The highest BCUT2D eigenvalue weighted by Gasteiger charge is 2.45. The lowest BCUT2D eigenvalue weighted by molar-refractivity contribution is -0.144. The van der Waals surface area contributed by atoms with Crippen molar-refractivity contribution in [3.05, 3.63) is 116 Å². The number of likely N-dealkylation sites (tertiary alicyclic amines) is 2. The Hall–Kier alpha value is -7.02. The number of nitrogens with one attached hydrogen (secondary N) is 3. The predicted molar refractivity (Wildman–Crippen MR) is 327 cm³/mol. The van der Waals surface area contributed by atoms with E-state index in [1.165, 1.54) is 22.0 Å². The van der Waals surface area contributed by atoms with Crippen LogP contribution in [0.5, 0.6) is 0 Å². The molecule has 6 atom stereocenters. The molecule has 24 heteroatoms. The number of fused-ring (bicyclic) bond motifs is 3. The highest BCUT2D eigenvalue weighted by Crippen LogP contribution is 2.40. The number of aliphatic imine (C=N–C) groups is 1. The van der Waals surface area contributed by atoms with E-state index in [0.717, 1.165) is 54.0 Å². The van der Waals surface area contributed by atoms with Gasteiger partial charge in [0.1, 0.15) is 35.6 Å². The van der Waals surface area contributed by atoms with E-state index in [2.05, 4.69) is 45.0 Å². The molecular formula is C62H76ClN11O10S2. The van der Waals surface area contributed by atoms with Gasteiger partial charge in [0.25, 0.3) is 11.8 Å². The summed E-state index contributed by atoms with van der Waals surface area (Å²) in [5.74, 6) is -1.45. The van der Waals surface area contributed by atoms with Gasteiger partial charge in [-0.05, 0) is 81.2 Å². The first-order valence-electron chi connectivity index (χ1n) is 29.3. The number of thiazole rings is 1. The van der Waals surface area contributed by atoms with Crippen molar-refractivity contribution < 1.29 is 48.1 Å². The zero-order valence-electron chi connectivity index (χ0n) is 49.7. The number of aliphatic hydroxyl groups is 1. The van der Waals surface area contributed by atoms with Gasteiger partial charge >= 0.3 is 0 Å². The number of imide groups is 1. The van der Waals surface area contributed by atoms with Gasteiger partial charge in [0, 0.05) is 97.1 Å². The Morgan fingerprint density at radius 1 is 0.837 bits per heavy atom. The number of carbonyl (C=O) groups is 7. The Morgan fingerprint density at radius 2 is 1.53 bits per heavy atom. The number of ether oxygens (including phenoxy) is 2. The highest BCUT2D eigenvalue weighted by atomic mass is 35.5. The van der Waals surface area contributed by atoms with Gasteiger partial charge in [-0.2, -0.15) is 0 Å². The van der Waals surface area contributed by atoms with Crippen LogP contribution < -0.4 is 16.0 Å². The van der Waals surface area contributed by atoms with E-state index >= 15 is 0 Å². The van der Waals surface area contributed by atoms with Crippen LogP contribution in [0.15, 0.2) is 71.2 Å². The molecule has 4 aliphatic heterocycles. The Kier molecular flexibility index (Phi) is 20.8. The maximum absolute atomic E-state index is 14.4. The minimum atomic E-state index is -1.06. The number of piperidine rings is 1. The molecular weight excluding hydrogens is 1160 g/mol. The minimum absolute atomic E-state index is 0.00838. The highest BCUT2D eigenvalue weighted by molar-refractivity contribution is 7.15. The van der Waals surface area contributed by atoms with Crippen LogP contribution in [0.2, 0.25) is 5.02 Å². The molecule has 4 aliphatic rings. The molecule has 458 valence electrons. The minimum Gasteiger partial charge on any atom is -0.391 e. The fourth-order valence-electron chi connectivity index (χ4n) is 11.5. The summed E-state index contributed by atoms with van der Waals surface area (Å²) >= 11 is 9.49. The van der Waals surface area contributed by atoms with Gasteiger partial charge in [0.2, 0.25) is 29.5 Å². The second-order valence-electron chi connectivity index (χ2n) is 23.7. The molecule has 0 spiro atoms. The third kappa shape index (κ3) is 15.4. The maximum Gasteiger partial charge on any atom is 0.253 e. The molecule has 4 N–H and O–H groups in total. The number of unbranched alkanes of at least 4 members (excludes halogenated alkanes) is 2. The lowest BCUT2D eigenvalue weighted by Gasteiger charge is -2.38. The maximum atomic E-state index is 14.4. The molecule has 21 nitrogen and oxygen atoms in total. The summed E-state index contributed by atoms with van der Waals surface area (Å²) in [4.78, 5) is 109. The van der Waals surface area contributed by atoms with Gasteiger partial charge < -0.3 is 40.3 Å². The Bertz CT molecular complexity index is 3350. The van der Waals surface area contributed by atoms with Gasteiger partial charge in [-0.25, -0.2) is 4.98 Å². The number of thiophene rings is 1. The Labute approximate surface area is 514 Å². The number of aryl methyl sites for hydroxylation is 3. The van der Waals surface area contributed by atoms with Crippen molar-refractivity contribution in [3.63, 3.8) is 0 Å². The van der Waals surface area contributed by atoms with Crippen molar-refractivity contribution in [1.82, 2.24) is 50.4 Å². The van der Waals surface area contributed by atoms with Crippen molar-refractivity contribution in [2.75, 3.05) is 59.2 Å². The van der Waals surface area contributed by atoms with E-state index in [1.807, 2.05) is 87.7 Å². The summed E-state index contributed by atoms with van der Waals surface area (Å²) in [6, 6.07) is 12.7. The van der Waals surface area contributed by atoms with E-state index in [9.17, 15) is 38.7 Å². The van der Waals surface area contributed by atoms with Crippen molar-refractivity contribution in [1.29, 1.82) is 0 Å². The number of benzene rings is 2. The zero-order valence-corrected chi connectivity index (χ0v) is 52.1. The summed E-state index contributed by atoms with van der Waals surface area (Å²) in [5, 5.41) is 30.0. The van der Waals surface area contributed by atoms with Gasteiger partial charge in [-0.15, -0.1) is 32.9 Å². The molecule has 9 rings (SSSR count). The fraction of sp³-hybridized carbons (Fsp3) is 0.500. The third-order valence-corrected chi connectivity index (χ3v) is 18.5. The topological polar surface area (TPSA) is 260 Å². The van der Waals surface area contributed by atoms with Gasteiger partial charge in [0.15, 0.2) is 5.82 Å². The molecule has 2 aromatic carbocycles. The second-order valence-corrected chi connectivity index (χ2v) is 26.2. The standard InChI is InChI=1S/C62H76ClN11O10S2/c1-36-38(3)86-61-54(36)55(43-16-18-45(63)19-17-43)67-47(58-70-69-39(4)74(58)61)27-49(76)64-22-24-83-32-41-25-42(30-71(29-41)51(78)11-9-8-10-23-72-52(79)20-21-53(72)80)33-84-34-50(77)68-57(62(5,6)7)60(82)73-31-46(75)26-48(73)59(81)65-28-40-12-14-44(15-13-40)56-37(2)66-35-85-56/h12-21,35,41-42,46-48,57,75H,8-11,22-34H2,1-7H3,(H,64,76)(H,65,81)(H,68,77)/t41-,42+,46-,47+,48+,57-/m1/s1. The van der Waals surface area contributed by atoms with Crippen LogP contribution >= 0.6 is 34.3 Å². The molecule has 0 radical (unpaired) electrons. The number of aliphatic hydroxyl groups excluding tert-OH is 1. The van der Waals surface area contributed by atoms with Crippen LogP contribution in [0.1, 0.15) is 116 Å². The first-order chi connectivity index (χ1) is 41.1. The van der Waals surface area contributed by atoms with Crippen molar-refractivity contribution in [3.8, 4) is 15.4 Å². The van der Waals surface area contributed by atoms with E-state index in [4.69, 9.17) is 26.1 Å². The van der Waals surface area contributed by atoms with E-state index in [-0.39, 0.29) is 107 Å². The predicted octanol–water partition coefficient (Wildman–Crippen LogP) is 6.53. The van der Waals surface area contributed by atoms with E-state index in [0.29, 0.717) is 55.4 Å². The van der Waals surface area contributed by atoms with E-state index in [1.54, 1.807) is 33.1 Å². The number of hydrogen-bond acceptors (Lipinski definition) is 16. The molecule has 5 aromatic rings. The number of β-amino-alcohol motifs (C(OH)–C–C–N with tert-alkyl or cyclic N) is 1. The van der Waals surface area contributed by atoms with Gasteiger partial charge in [-0.1, -0.05) is 75.2 Å². The van der Waals surface area contributed by atoms with Crippen LogP contribution in [0.4, 0.5) is 0 Å². The van der Waals surface area contributed by atoms with Crippen LogP contribution in [-0.4, -0.2) is 164 Å². The summed E-state index contributed by atoms with van der Waals surface area (Å²) < 4.78 is 14.2. The SMILES string of the molecule is Cc1ncsc1-c1ccc(CNC(=O)[C@@H]2C[C@@H](O)CN2C(=O)[C@@H](NC(=O)COC[C@H]2C[C@@H](COCCNC(=O)C[C@@H]3N=C(c4ccc(Cl)cc4)c4c(sc(C)c4C)-n4c(C)nnc43)CN(C(=O)CCCCCN3C(=O)C=CC3=O)C2)C(C)(C)C)cc1. The van der Waals surface area contributed by atoms with Gasteiger partial charge in [0.05, 0.1) is 54.1 Å². The number of nitrogens with zero attached hydrogens (tertiary/aromatic N) is 8. The number of amides is 7. The largest absolute Gasteiger partial charge is 0.391 e. The second kappa shape index (κ2) is 28.2. The molecule has 0 saturated carbocycles. The first-order valence-corrected chi connectivity index (χ1v) is 31.4. The Balaban J connectivity index is 0.781. The average molecular weight is 1230 g/mol. The van der Waals surface area contributed by atoms with Crippen molar-refractivity contribution in [2.24, 2.45) is 22.2 Å². The molecule has 2 fully saturated rings.